The third-order valence-corrected chi connectivity index (χ3v) is 3.72. The van der Waals surface area contributed by atoms with Gasteiger partial charge in [0.2, 0.25) is 0 Å². The maximum absolute atomic E-state index is 10.8. The predicted octanol–water partition coefficient (Wildman–Crippen LogP) is 2.80. The summed E-state index contributed by atoms with van der Waals surface area (Å²) < 4.78 is 6.44. The quantitative estimate of drug-likeness (QED) is 0.897. The molecule has 0 saturated carbocycles. The molecule has 4 nitrogen and oxygen atoms in total. The number of hydrogen-bond acceptors (Lipinski definition) is 3. The molecular formula is C13H16BrNO3. The molecule has 1 aliphatic heterocycles. The molecule has 0 radical (unpaired) electrons. The Kier molecular flexibility index (Phi) is 4.24. The van der Waals surface area contributed by atoms with E-state index in [-0.39, 0.29) is 6.10 Å². The van der Waals surface area contributed by atoms with Gasteiger partial charge in [0.05, 0.1) is 6.10 Å². The number of halogens is 1. The molecule has 0 aromatic heterocycles. The third kappa shape index (κ3) is 3.23. The molecule has 1 aliphatic rings. The van der Waals surface area contributed by atoms with E-state index in [4.69, 9.17) is 9.84 Å². The first kappa shape index (κ1) is 13.4. The van der Waals surface area contributed by atoms with Gasteiger partial charge in [0.25, 0.3) is 0 Å². The predicted molar refractivity (Wildman–Crippen MR) is 72.9 cm³/mol. The van der Waals surface area contributed by atoms with E-state index in [2.05, 4.69) is 21.2 Å². The minimum Gasteiger partial charge on any atom is -0.479 e. The van der Waals surface area contributed by atoms with Gasteiger partial charge in [-0.15, -0.1) is 0 Å². The molecule has 2 atom stereocenters. The number of rotatable bonds is 4. The highest BCUT2D eigenvalue weighted by atomic mass is 79.9. The number of nitrogens with one attached hydrogen (secondary N) is 1. The Labute approximate surface area is 114 Å². The minimum atomic E-state index is -0.866. The molecule has 1 aromatic carbocycles. The molecule has 1 fully saturated rings. The summed E-state index contributed by atoms with van der Waals surface area (Å²) in [5.41, 5.74) is 2.19. The van der Waals surface area contributed by atoms with Crippen LogP contribution in [0.25, 0.3) is 0 Å². The van der Waals surface area contributed by atoms with Crippen molar-refractivity contribution in [3.63, 3.8) is 0 Å². The number of ether oxygens (including phenoxy) is 1. The van der Waals surface area contributed by atoms with Gasteiger partial charge < -0.3 is 15.2 Å². The van der Waals surface area contributed by atoms with Gasteiger partial charge in [-0.25, -0.2) is 4.79 Å². The molecular weight excluding hydrogens is 298 g/mol. The van der Waals surface area contributed by atoms with Crippen LogP contribution in [0.2, 0.25) is 0 Å². The van der Waals surface area contributed by atoms with Crippen molar-refractivity contribution in [1.82, 2.24) is 0 Å². The highest BCUT2D eigenvalue weighted by Crippen LogP contribution is 2.25. The molecule has 1 heterocycles. The van der Waals surface area contributed by atoms with E-state index in [1.54, 1.807) is 0 Å². The van der Waals surface area contributed by atoms with Gasteiger partial charge >= 0.3 is 5.97 Å². The topological polar surface area (TPSA) is 58.6 Å². The van der Waals surface area contributed by atoms with Crippen LogP contribution in [0.5, 0.6) is 0 Å². The van der Waals surface area contributed by atoms with Gasteiger partial charge in [-0.1, -0.05) is 6.07 Å². The van der Waals surface area contributed by atoms with E-state index < -0.39 is 12.1 Å². The summed E-state index contributed by atoms with van der Waals surface area (Å²) in [6.45, 7) is 2.66. The molecule has 1 saturated heterocycles. The van der Waals surface area contributed by atoms with Gasteiger partial charge in [0.1, 0.15) is 0 Å². The molecule has 0 spiro atoms. The number of carbonyl (C=O) groups is 1. The molecule has 5 heteroatoms. The molecule has 0 amide bonds. The van der Waals surface area contributed by atoms with E-state index in [0.29, 0.717) is 13.0 Å². The Bertz CT molecular complexity index is 450. The number of benzene rings is 1. The number of hydrogen-bond donors (Lipinski definition) is 2. The second kappa shape index (κ2) is 5.71. The van der Waals surface area contributed by atoms with Crippen molar-refractivity contribution in [2.24, 2.45) is 0 Å². The highest BCUT2D eigenvalue weighted by Gasteiger charge is 2.30. The van der Waals surface area contributed by atoms with Gasteiger partial charge in [0.15, 0.2) is 6.10 Å². The smallest absolute Gasteiger partial charge is 0.332 e. The summed E-state index contributed by atoms with van der Waals surface area (Å²) in [7, 11) is 0. The molecule has 0 aliphatic carbocycles. The number of aryl methyl sites for hydroxylation is 1. The molecule has 0 bridgehead atoms. The van der Waals surface area contributed by atoms with Crippen molar-refractivity contribution in [3.05, 3.63) is 28.2 Å². The summed E-state index contributed by atoms with van der Waals surface area (Å²) >= 11 is 3.48. The van der Waals surface area contributed by atoms with E-state index >= 15 is 0 Å². The highest BCUT2D eigenvalue weighted by molar-refractivity contribution is 9.10. The lowest BCUT2D eigenvalue weighted by atomic mass is 10.2. The van der Waals surface area contributed by atoms with Crippen LogP contribution in [0.3, 0.4) is 0 Å². The van der Waals surface area contributed by atoms with Crippen molar-refractivity contribution in [2.45, 2.75) is 32.0 Å². The largest absolute Gasteiger partial charge is 0.479 e. The van der Waals surface area contributed by atoms with Crippen molar-refractivity contribution in [3.8, 4) is 0 Å². The van der Waals surface area contributed by atoms with Crippen LogP contribution in [-0.4, -0.2) is 29.8 Å². The number of carboxylic acids is 1. The number of anilines is 1. The summed E-state index contributed by atoms with van der Waals surface area (Å²) in [5, 5.41) is 12.1. The molecule has 2 unspecified atom stereocenters. The molecule has 18 heavy (non-hydrogen) atoms. The first-order chi connectivity index (χ1) is 8.56. The minimum absolute atomic E-state index is 0.0292. The van der Waals surface area contributed by atoms with E-state index in [1.807, 2.05) is 25.1 Å². The number of aliphatic carboxylic acids is 1. The average Bonchev–Trinajstić information content (AvgIpc) is 2.79. The first-order valence-corrected chi connectivity index (χ1v) is 6.74. The fraction of sp³-hybridized carbons (Fsp3) is 0.462. The third-order valence-electron chi connectivity index (χ3n) is 3.03. The summed E-state index contributed by atoms with van der Waals surface area (Å²) in [5.74, 6) is -0.866. The lowest BCUT2D eigenvalue weighted by molar-refractivity contribution is -0.149. The van der Waals surface area contributed by atoms with Crippen LogP contribution in [0.4, 0.5) is 5.69 Å². The summed E-state index contributed by atoms with van der Waals surface area (Å²) in [4.78, 5) is 10.8. The van der Waals surface area contributed by atoms with Crippen molar-refractivity contribution < 1.29 is 14.6 Å². The van der Waals surface area contributed by atoms with Crippen molar-refractivity contribution in [2.75, 3.05) is 11.9 Å². The zero-order valence-corrected chi connectivity index (χ0v) is 11.7. The molecule has 2 rings (SSSR count). The van der Waals surface area contributed by atoms with Gasteiger partial charge in [-0.05, 0) is 53.4 Å². The van der Waals surface area contributed by atoms with Crippen LogP contribution in [-0.2, 0) is 9.53 Å². The molecule has 98 valence electrons. The van der Waals surface area contributed by atoms with E-state index in [0.717, 1.165) is 16.6 Å². The Balaban J connectivity index is 1.89. The Morgan fingerprint density at radius 1 is 1.56 bits per heavy atom. The fourth-order valence-electron chi connectivity index (χ4n) is 2.04. The Morgan fingerprint density at radius 2 is 2.33 bits per heavy atom. The van der Waals surface area contributed by atoms with Crippen molar-refractivity contribution in [1.29, 1.82) is 0 Å². The lowest BCUT2D eigenvalue weighted by Crippen LogP contribution is -2.24. The van der Waals surface area contributed by atoms with Crippen molar-refractivity contribution >= 4 is 27.6 Å². The second-order valence-corrected chi connectivity index (χ2v) is 5.38. The lowest BCUT2D eigenvalue weighted by Gasteiger charge is -2.14. The zero-order chi connectivity index (χ0) is 13.1. The van der Waals surface area contributed by atoms with Crippen LogP contribution in [0, 0.1) is 6.92 Å². The second-order valence-electron chi connectivity index (χ2n) is 4.53. The van der Waals surface area contributed by atoms with Gasteiger partial charge in [-0.3, -0.25) is 0 Å². The normalized spacial score (nSPS) is 23.0. The maximum Gasteiger partial charge on any atom is 0.332 e. The number of carboxylic acid groups (broad SMARTS) is 1. The average molecular weight is 314 g/mol. The standard InChI is InChI=1S/C13H16BrNO3/c1-8-2-4-10(14)11(6-8)15-7-9-3-5-12(18-9)13(16)17/h2,4,6,9,12,15H,3,5,7H2,1H3,(H,16,17). The van der Waals surface area contributed by atoms with Crippen LogP contribution < -0.4 is 5.32 Å². The van der Waals surface area contributed by atoms with Crippen LogP contribution in [0.15, 0.2) is 22.7 Å². The molecule has 2 N–H and O–H groups in total. The maximum atomic E-state index is 10.8. The fourth-order valence-corrected chi connectivity index (χ4v) is 2.42. The van der Waals surface area contributed by atoms with E-state index in [9.17, 15) is 4.79 Å². The van der Waals surface area contributed by atoms with E-state index in [1.165, 1.54) is 5.56 Å². The summed E-state index contributed by atoms with van der Waals surface area (Å²) in [6, 6.07) is 6.07. The van der Waals surface area contributed by atoms with Gasteiger partial charge in [-0.2, -0.15) is 0 Å². The van der Waals surface area contributed by atoms with Crippen LogP contribution in [0.1, 0.15) is 18.4 Å². The Morgan fingerprint density at radius 3 is 3.00 bits per heavy atom. The van der Waals surface area contributed by atoms with Crippen LogP contribution >= 0.6 is 15.9 Å². The monoisotopic (exact) mass is 313 g/mol. The summed E-state index contributed by atoms with van der Waals surface area (Å²) in [6.07, 6.45) is 0.709. The Hall–Kier alpha value is -1.07. The zero-order valence-electron chi connectivity index (χ0n) is 10.1. The SMILES string of the molecule is Cc1ccc(Br)c(NCC2CCC(C(=O)O)O2)c1. The van der Waals surface area contributed by atoms with Gasteiger partial charge in [0, 0.05) is 16.7 Å². The molecule has 1 aromatic rings. The first-order valence-electron chi connectivity index (χ1n) is 5.94.